The zero-order valence-corrected chi connectivity index (χ0v) is 15.5. The number of nitrogens with one attached hydrogen (secondary N) is 1. The molecule has 1 aromatic carbocycles. The minimum Gasteiger partial charge on any atom is -0.363 e. The molecule has 1 aliphatic heterocycles. The SMILES string of the molecule is CN(C)c1ccc(CNC(=O)[C@@H]2CC(=O)N(c3ccc(Cl)cc3)C2)cn1. The molecule has 1 fully saturated rings. The lowest BCUT2D eigenvalue weighted by Gasteiger charge is -2.17. The predicted octanol–water partition coefficient (Wildman–Crippen LogP) is 2.47. The van der Waals surface area contributed by atoms with Gasteiger partial charge in [-0.15, -0.1) is 0 Å². The molecular weight excluding hydrogens is 352 g/mol. The smallest absolute Gasteiger partial charge is 0.227 e. The van der Waals surface area contributed by atoms with Gasteiger partial charge < -0.3 is 15.1 Å². The minimum atomic E-state index is -0.354. The number of nitrogens with zero attached hydrogens (tertiary/aromatic N) is 3. The highest BCUT2D eigenvalue weighted by Gasteiger charge is 2.34. The fraction of sp³-hybridized carbons (Fsp3) is 0.316. The van der Waals surface area contributed by atoms with Crippen LogP contribution < -0.4 is 15.1 Å². The first-order chi connectivity index (χ1) is 12.4. The number of anilines is 2. The number of carbonyl (C=O) groups is 2. The molecule has 0 bridgehead atoms. The Morgan fingerprint density at radius 1 is 1.27 bits per heavy atom. The first-order valence-corrected chi connectivity index (χ1v) is 8.78. The lowest BCUT2D eigenvalue weighted by molar-refractivity contribution is -0.126. The van der Waals surface area contributed by atoms with Gasteiger partial charge in [0.25, 0.3) is 0 Å². The maximum Gasteiger partial charge on any atom is 0.227 e. The number of aromatic nitrogens is 1. The van der Waals surface area contributed by atoms with Gasteiger partial charge in [-0.25, -0.2) is 4.98 Å². The summed E-state index contributed by atoms with van der Waals surface area (Å²) in [7, 11) is 3.85. The highest BCUT2D eigenvalue weighted by Crippen LogP contribution is 2.26. The molecule has 3 rings (SSSR count). The van der Waals surface area contributed by atoms with Crippen molar-refractivity contribution >= 4 is 34.9 Å². The van der Waals surface area contributed by atoms with Crippen molar-refractivity contribution in [3.05, 3.63) is 53.2 Å². The summed E-state index contributed by atoms with van der Waals surface area (Å²) in [5.74, 6) is 0.336. The van der Waals surface area contributed by atoms with E-state index in [0.717, 1.165) is 17.1 Å². The molecule has 0 radical (unpaired) electrons. The fourth-order valence-electron chi connectivity index (χ4n) is 2.87. The number of benzene rings is 1. The normalized spacial score (nSPS) is 16.7. The number of halogens is 1. The monoisotopic (exact) mass is 372 g/mol. The summed E-state index contributed by atoms with van der Waals surface area (Å²) >= 11 is 5.89. The Bertz CT molecular complexity index is 790. The Balaban J connectivity index is 1.57. The van der Waals surface area contributed by atoms with E-state index in [4.69, 9.17) is 11.6 Å². The van der Waals surface area contributed by atoms with E-state index in [0.29, 0.717) is 18.1 Å². The second kappa shape index (κ2) is 7.74. The highest BCUT2D eigenvalue weighted by molar-refractivity contribution is 6.30. The first kappa shape index (κ1) is 18.2. The van der Waals surface area contributed by atoms with Crippen molar-refractivity contribution < 1.29 is 9.59 Å². The molecule has 26 heavy (non-hydrogen) atoms. The van der Waals surface area contributed by atoms with Crippen LogP contribution in [0.1, 0.15) is 12.0 Å². The molecule has 1 N–H and O–H groups in total. The van der Waals surface area contributed by atoms with Gasteiger partial charge in [0, 0.05) is 50.5 Å². The zero-order chi connectivity index (χ0) is 18.7. The minimum absolute atomic E-state index is 0.0514. The van der Waals surface area contributed by atoms with Crippen LogP contribution in [-0.2, 0) is 16.1 Å². The van der Waals surface area contributed by atoms with Crippen LogP contribution in [-0.4, -0.2) is 37.4 Å². The highest BCUT2D eigenvalue weighted by atomic mass is 35.5. The van der Waals surface area contributed by atoms with Crippen molar-refractivity contribution in [3.63, 3.8) is 0 Å². The maximum absolute atomic E-state index is 12.4. The van der Waals surface area contributed by atoms with Crippen molar-refractivity contribution in [2.24, 2.45) is 5.92 Å². The average molecular weight is 373 g/mol. The third-order valence-corrected chi connectivity index (χ3v) is 4.62. The van der Waals surface area contributed by atoms with E-state index in [1.165, 1.54) is 0 Å². The van der Waals surface area contributed by atoms with Crippen LogP contribution in [0.2, 0.25) is 5.02 Å². The van der Waals surface area contributed by atoms with Crippen LogP contribution in [0.15, 0.2) is 42.6 Å². The lowest BCUT2D eigenvalue weighted by Crippen LogP contribution is -2.32. The molecule has 1 aromatic heterocycles. The van der Waals surface area contributed by atoms with Gasteiger partial charge in [0.2, 0.25) is 11.8 Å². The van der Waals surface area contributed by atoms with Crippen LogP contribution in [0.25, 0.3) is 0 Å². The largest absolute Gasteiger partial charge is 0.363 e. The molecule has 1 saturated heterocycles. The molecule has 1 atom stereocenters. The van der Waals surface area contributed by atoms with E-state index in [-0.39, 0.29) is 24.2 Å². The summed E-state index contributed by atoms with van der Waals surface area (Å²) in [5, 5.41) is 3.51. The Kier molecular flexibility index (Phi) is 5.42. The van der Waals surface area contributed by atoms with Gasteiger partial charge in [0.15, 0.2) is 0 Å². The third kappa shape index (κ3) is 4.14. The van der Waals surface area contributed by atoms with Crippen LogP contribution in [0.4, 0.5) is 11.5 Å². The number of amides is 2. The summed E-state index contributed by atoms with van der Waals surface area (Å²) in [6.07, 6.45) is 1.96. The molecule has 0 unspecified atom stereocenters. The van der Waals surface area contributed by atoms with Crippen molar-refractivity contribution in [2.45, 2.75) is 13.0 Å². The van der Waals surface area contributed by atoms with E-state index in [2.05, 4.69) is 10.3 Å². The van der Waals surface area contributed by atoms with Gasteiger partial charge in [-0.1, -0.05) is 17.7 Å². The molecule has 0 saturated carbocycles. The molecule has 2 amide bonds. The number of hydrogen-bond acceptors (Lipinski definition) is 4. The summed E-state index contributed by atoms with van der Waals surface area (Å²) in [4.78, 5) is 32.6. The van der Waals surface area contributed by atoms with Crippen LogP contribution in [0.5, 0.6) is 0 Å². The van der Waals surface area contributed by atoms with Crippen LogP contribution >= 0.6 is 11.6 Å². The first-order valence-electron chi connectivity index (χ1n) is 8.40. The third-order valence-electron chi connectivity index (χ3n) is 4.37. The molecule has 0 spiro atoms. The molecule has 6 nitrogen and oxygen atoms in total. The van der Waals surface area contributed by atoms with E-state index in [1.54, 1.807) is 35.4 Å². The Morgan fingerprint density at radius 3 is 2.62 bits per heavy atom. The van der Waals surface area contributed by atoms with E-state index in [9.17, 15) is 9.59 Å². The zero-order valence-electron chi connectivity index (χ0n) is 14.8. The number of hydrogen-bond donors (Lipinski definition) is 1. The average Bonchev–Trinajstić information content (AvgIpc) is 3.02. The number of pyridine rings is 1. The molecule has 1 aliphatic rings. The lowest BCUT2D eigenvalue weighted by atomic mass is 10.1. The van der Waals surface area contributed by atoms with Crippen LogP contribution in [0, 0.1) is 5.92 Å². The van der Waals surface area contributed by atoms with Crippen molar-refractivity contribution in [2.75, 3.05) is 30.4 Å². The standard InChI is InChI=1S/C19H21ClN4O2/c1-23(2)17-8-3-13(10-21-17)11-22-19(26)14-9-18(25)24(12-14)16-6-4-15(20)5-7-16/h3-8,10,14H,9,11-12H2,1-2H3,(H,22,26)/t14-/m1/s1. The summed E-state index contributed by atoms with van der Waals surface area (Å²) in [6.45, 7) is 0.773. The topological polar surface area (TPSA) is 65.5 Å². The molecule has 7 heteroatoms. The molecular formula is C19H21ClN4O2. The molecule has 2 aromatic rings. The van der Waals surface area contributed by atoms with Gasteiger partial charge in [0.1, 0.15) is 5.82 Å². The Morgan fingerprint density at radius 2 is 2.00 bits per heavy atom. The summed E-state index contributed by atoms with van der Waals surface area (Å²) in [5.41, 5.74) is 1.68. The van der Waals surface area contributed by atoms with E-state index < -0.39 is 0 Å². The van der Waals surface area contributed by atoms with Gasteiger partial charge in [-0.2, -0.15) is 0 Å². The second-order valence-electron chi connectivity index (χ2n) is 6.52. The van der Waals surface area contributed by atoms with E-state index in [1.807, 2.05) is 31.1 Å². The fourth-order valence-corrected chi connectivity index (χ4v) is 3.00. The quantitative estimate of drug-likeness (QED) is 0.875. The molecule has 136 valence electrons. The van der Waals surface area contributed by atoms with Gasteiger partial charge >= 0.3 is 0 Å². The van der Waals surface area contributed by atoms with Crippen molar-refractivity contribution in [1.29, 1.82) is 0 Å². The summed E-state index contributed by atoms with van der Waals surface area (Å²) < 4.78 is 0. The van der Waals surface area contributed by atoms with Gasteiger partial charge in [0.05, 0.1) is 5.92 Å². The van der Waals surface area contributed by atoms with Gasteiger partial charge in [-0.05, 0) is 35.9 Å². The summed E-state index contributed by atoms with van der Waals surface area (Å²) in [6, 6.07) is 10.9. The Hall–Kier alpha value is -2.60. The van der Waals surface area contributed by atoms with Crippen LogP contribution in [0.3, 0.4) is 0 Å². The van der Waals surface area contributed by atoms with Crippen molar-refractivity contribution in [3.8, 4) is 0 Å². The van der Waals surface area contributed by atoms with Gasteiger partial charge in [-0.3, -0.25) is 9.59 Å². The molecule has 2 heterocycles. The predicted molar refractivity (Wildman–Crippen MR) is 102 cm³/mol. The van der Waals surface area contributed by atoms with Crippen molar-refractivity contribution in [1.82, 2.24) is 10.3 Å². The molecule has 0 aliphatic carbocycles. The van der Waals surface area contributed by atoms with E-state index >= 15 is 0 Å². The Labute approximate surface area is 157 Å². The number of rotatable bonds is 5. The maximum atomic E-state index is 12.4. The number of carbonyl (C=O) groups excluding carboxylic acids is 2. The second-order valence-corrected chi connectivity index (χ2v) is 6.96.